The van der Waals surface area contributed by atoms with Crippen molar-refractivity contribution in [3.8, 4) is 0 Å². The zero-order valence-electron chi connectivity index (χ0n) is 18.2. The molecule has 3 heterocycles. The van der Waals surface area contributed by atoms with Crippen LogP contribution < -0.4 is 10.2 Å². The molecule has 0 aliphatic carbocycles. The average Bonchev–Trinajstić information content (AvgIpc) is 3.42. The van der Waals surface area contributed by atoms with Gasteiger partial charge in [-0.15, -0.1) is 0 Å². The van der Waals surface area contributed by atoms with Crippen molar-refractivity contribution in [2.75, 3.05) is 18.0 Å². The molecule has 8 nitrogen and oxygen atoms in total. The van der Waals surface area contributed by atoms with Gasteiger partial charge in [0.15, 0.2) is 5.82 Å². The molecule has 0 saturated heterocycles. The highest BCUT2D eigenvalue weighted by molar-refractivity contribution is 6.38. The Hall–Kier alpha value is -3.55. The topological polar surface area (TPSA) is 88.3 Å². The normalized spacial score (nSPS) is 13.4. The Morgan fingerprint density at radius 3 is 2.94 bits per heavy atom. The van der Waals surface area contributed by atoms with Crippen molar-refractivity contribution in [3.05, 3.63) is 59.8 Å². The largest absolute Gasteiger partial charge is 0.351 e. The zero-order chi connectivity index (χ0) is 21.8. The monoisotopic (exact) mass is 417 g/mol. The second kappa shape index (κ2) is 9.07. The van der Waals surface area contributed by atoms with Crippen LogP contribution in [-0.2, 0) is 17.8 Å². The van der Waals surface area contributed by atoms with Crippen LogP contribution in [0.15, 0.2) is 48.0 Å². The van der Waals surface area contributed by atoms with Gasteiger partial charge in [0.05, 0.1) is 5.69 Å². The number of carbonyl (C=O) groups is 1. The summed E-state index contributed by atoms with van der Waals surface area (Å²) >= 11 is 0. The lowest BCUT2D eigenvalue weighted by atomic mass is 10.1. The van der Waals surface area contributed by atoms with Crippen molar-refractivity contribution in [2.24, 2.45) is 4.99 Å². The maximum atomic E-state index is 12.6. The summed E-state index contributed by atoms with van der Waals surface area (Å²) in [5.41, 5.74) is 5.47. The van der Waals surface area contributed by atoms with E-state index in [1.165, 1.54) is 11.1 Å². The van der Waals surface area contributed by atoms with Crippen molar-refractivity contribution < 1.29 is 4.79 Å². The van der Waals surface area contributed by atoms with Crippen molar-refractivity contribution in [1.29, 1.82) is 0 Å². The molecule has 1 aliphatic heterocycles. The summed E-state index contributed by atoms with van der Waals surface area (Å²) < 4.78 is 1.85. The Kier molecular flexibility index (Phi) is 6.06. The molecule has 1 aromatic carbocycles. The third-order valence-corrected chi connectivity index (χ3v) is 5.39. The lowest BCUT2D eigenvalue weighted by Crippen LogP contribution is -2.30. The van der Waals surface area contributed by atoms with Gasteiger partial charge in [-0.2, -0.15) is 5.10 Å². The highest BCUT2D eigenvalue weighted by atomic mass is 16.1. The molecule has 0 unspecified atom stereocenters. The van der Waals surface area contributed by atoms with Gasteiger partial charge in [-0.3, -0.25) is 9.48 Å². The number of anilines is 2. The Morgan fingerprint density at radius 2 is 2.13 bits per heavy atom. The predicted octanol–water partition coefficient (Wildman–Crippen LogP) is 3.28. The van der Waals surface area contributed by atoms with Crippen LogP contribution in [0.4, 0.5) is 17.2 Å². The molecule has 8 heteroatoms. The fourth-order valence-electron chi connectivity index (χ4n) is 3.76. The molecule has 0 radical (unpaired) electrons. The number of aryl methyl sites for hydroxylation is 3. The number of hydrogen-bond acceptors (Lipinski definition) is 6. The van der Waals surface area contributed by atoms with E-state index >= 15 is 0 Å². The molecule has 0 fully saturated rings. The van der Waals surface area contributed by atoms with Crippen LogP contribution in [0.2, 0.25) is 0 Å². The van der Waals surface area contributed by atoms with Gasteiger partial charge in [0, 0.05) is 37.7 Å². The number of amides is 1. The first-order valence-electron chi connectivity index (χ1n) is 10.5. The minimum absolute atomic E-state index is 0.188. The van der Waals surface area contributed by atoms with Crippen LogP contribution in [0, 0.1) is 13.8 Å². The van der Waals surface area contributed by atoms with E-state index in [4.69, 9.17) is 0 Å². The van der Waals surface area contributed by atoms with Gasteiger partial charge in [-0.05, 0) is 51.3 Å². The van der Waals surface area contributed by atoms with E-state index in [2.05, 4.69) is 55.4 Å². The summed E-state index contributed by atoms with van der Waals surface area (Å²) in [6.07, 6.45) is 6.96. The second-order valence-corrected chi connectivity index (χ2v) is 7.74. The first-order valence-corrected chi connectivity index (χ1v) is 10.5. The number of aromatic nitrogens is 4. The van der Waals surface area contributed by atoms with Gasteiger partial charge in [0.2, 0.25) is 0 Å². The molecule has 160 valence electrons. The summed E-state index contributed by atoms with van der Waals surface area (Å²) in [5, 5.41) is 7.09. The molecule has 1 N–H and O–H groups in total. The number of carbonyl (C=O) groups excluding carboxylic acids is 1. The lowest BCUT2D eigenvalue weighted by molar-refractivity contribution is -0.114. The van der Waals surface area contributed by atoms with Crippen LogP contribution in [0.3, 0.4) is 0 Å². The third kappa shape index (κ3) is 4.63. The number of rotatable bonds is 7. The van der Waals surface area contributed by atoms with Crippen LogP contribution in [0.5, 0.6) is 0 Å². The Bertz CT molecular complexity index is 1110. The fourth-order valence-corrected chi connectivity index (χ4v) is 3.76. The standard InChI is InChI=1S/C23H27N7O/c1-16-6-7-20-19(14-16)8-13-30(20)22-21(17(2)25-15-26-22)28-18(3)23(31)24-9-4-11-29-12-5-10-27-29/h5-7,10,12,14-15H,4,8-9,11,13H2,1-3H3,(H,24,31). The van der Waals surface area contributed by atoms with Crippen molar-refractivity contribution in [1.82, 2.24) is 25.1 Å². The molecule has 0 atom stereocenters. The van der Waals surface area contributed by atoms with E-state index in [0.29, 0.717) is 17.9 Å². The number of nitrogens with one attached hydrogen (secondary N) is 1. The minimum atomic E-state index is -0.188. The molecule has 4 rings (SSSR count). The van der Waals surface area contributed by atoms with Crippen LogP contribution in [-0.4, -0.2) is 44.5 Å². The molecule has 0 bridgehead atoms. The molecule has 0 spiro atoms. The molecular weight excluding hydrogens is 390 g/mol. The van der Waals surface area contributed by atoms with Gasteiger partial charge in [-0.1, -0.05) is 17.7 Å². The van der Waals surface area contributed by atoms with Crippen LogP contribution in [0.25, 0.3) is 0 Å². The van der Waals surface area contributed by atoms with Gasteiger partial charge in [-0.25, -0.2) is 15.0 Å². The average molecular weight is 418 g/mol. The summed E-state index contributed by atoms with van der Waals surface area (Å²) in [6, 6.07) is 8.34. The van der Waals surface area contributed by atoms with Gasteiger partial charge in [0.25, 0.3) is 5.91 Å². The van der Waals surface area contributed by atoms with E-state index in [9.17, 15) is 4.79 Å². The van der Waals surface area contributed by atoms with E-state index < -0.39 is 0 Å². The molecule has 3 aromatic rings. The highest BCUT2D eigenvalue weighted by Crippen LogP contribution is 2.39. The van der Waals surface area contributed by atoms with Gasteiger partial charge < -0.3 is 10.2 Å². The number of fused-ring (bicyclic) bond motifs is 1. The quantitative estimate of drug-likeness (QED) is 0.471. The molecule has 2 aromatic heterocycles. The lowest BCUT2D eigenvalue weighted by Gasteiger charge is -2.21. The zero-order valence-corrected chi connectivity index (χ0v) is 18.2. The smallest absolute Gasteiger partial charge is 0.265 e. The number of benzene rings is 1. The van der Waals surface area contributed by atoms with Crippen molar-refractivity contribution in [2.45, 2.75) is 40.2 Å². The first kappa shape index (κ1) is 20.7. The summed E-state index contributed by atoms with van der Waals surface area (Å²) in [5.74, 6) is 0.549. The number of aliphatic imine (C=N–C) groups is 1. The number of hydrogen-bond donors (Lipinski definition) is 1. The predicted molar refractivity (Wildman–Crippen MR) is 121 cm³/mol. The van der Waals surface area contributed by atoms with E-state index in [1.54, 1.807) is 19.4 Å². The van der Waals surface area contributed by atoms with E-state index in [0.717, 1.165) is 43.1 Å². The Labute approximate surface area is 182 Å². The minimum Gasteiger partial charge on any atom is -0.351 e. The highest BCUT2D eigenvalue weighted by Gasteiger charge is 2.25. The fraction of sp³-hybridized carbons (Fsp3) is 0.348. The molecule has 1 amide bonds. The molecule has 0 saturated carbocycles. The maximum absolute atomic E-state index is 12.6. The molecule has 31 heavy (non-hydrogen) atoms. The van der Waals surface area contributed by atoms with E-state index in [-0.39, 0.29) is 5.91 Å². The summed E-state index contributed by atoms with van der Waals surface area (Å²) in [6.45, 7) is 7.86. The van der Waals surface area contributed by atoms with Gasteiger partial charge in [0.1, 0.15) is 17.7 Å². The van der Waals surface area contributed by atoms with E-state index in [1.807, 2.05) is 23.9 Å². The maximum Gasteiger partial charge on any atom is 0.265 e. The molecule has 1 aliphatic rings. The van der Waals surface area contributed by atoms with Crippen LogP contribution in [0.1, 0.15) is 30.2 Å². The summed E-state index contributed by atoms with van der Waals surface area (Å²) in [7, 11) is 0. The third-order valence-electron chi connectivity index (χ3n) is 5.39. The summed E-state index contributed by atoms with van der Waals surface area (Å²) in [4.78, 5) is 28.2. The molecular formula is C23H27N7O. The second-order valence-electron chi connectivity index (χ2n) is 7.74. The SMILES string of the molecule is CC(=Nc1c(C)ncnc1N1CCc2cc(C)ccc21)C(=O)NCCCn1cccn1. The van der Waals surface area contributed by atoms with Crippen molar-refractivity contribution >= 4 is 28.8 Å². The van der Waals surface area contributed by atoms with Crippen LogP contribution >= 0.6 is 0 Å². The van der Waals surface area contributed by atoms with Crippen molar-refractivity contribution in [3.63, 3.8) is 0 Å². The number of nitrogens with zero attached hydrogens (tertiary/aromatic N) is 6. The first-order chi connectivity index (χ1) is 15.0. The Balaban J connectivity index is 1.49. The van der Waals surface area contributed by atoms with Gasteiger partial charge >= 0.3 is 0 Å². The Morgan fingerprint density at radius 1 is 1.26 bits per heavy atom.